The summed E-state index contributed by atoms with van der Waals surface area (Å²) in [5, 5.41) is 15.8. The Morgan fingerprint density at radius 1 is 1.16 bits per heavy atom. The molecule has 0 saturated heterocycles. The minimum atomic E-state index is -0.339. The van der Waals surface area contributed by atoms with E-state index in [2.05, 4.69) is 32.5 Å². The number of nitrogens with one attached hydrogen (secondary N) is 5. The Labute approximate surface area is 216 Å². The van der Waals surface area contributed by atoms with Crippen LogP contribution in [0.15, 0.2) is 47.5 Å². The molecular weight excluding hydrogens is 464 g/mol. The molecule has 37 heavy (non-hydrogen) atoms. The van der Waals surface area contributed by atoms with Gasteiger partial charge in [-0.2, -0.15) is 0 Å². The Balaban J connectivity index is 1.77. The summed E-state index contributed by atoms with van der Waals surface area (Å²) in [5.41, 5.74) is 6.49. The van der Waals surface area contributed by atoms with Crippen molar-refractivity contribution in [2.75, 3.05) is 5.32 Å². The van der Waals surface area contributed by atoms with E-state index in [9.17, 15) is 9.59 Å². The lowest BCUT2D eigenvalue weighted by atomic mass is 9.94. The average molecular weight is 499 g/mol. The van der Waals surface area contributed by atoms with Crippen LogP contribution in [0.4, 0.5) is 5.69 Å². The highest BCUT2D eigenvalue weighted by Crippen LogP contribution is 2.31. The summed E-state index contributed by atoms with van der Waals surface area (Å²) in [6.45, 7) is 9.73. The van der Waals surface area contributed by atoms with E-state index in [0.29, 0.717) is 22.4 Å². The third-order valence-electron chi connectivity index (χ3n) is 6.24. The highest BCUT2D eigenvalue weighted by atomic mass is 16.1. The van der Waals surface area contributed by atoms with Gasteiger partial charge in [0.15, 0.2) is 0 Å². The summed E-state index contributed by atoms with van der Waals surface area (Å²) in [7, 11) is 0. The van der Waals surface area contributed by atoms with E-state index in [1.54, 1.807) is 19.2 Å². The number of carbonyl (C=O) groups excluding carboxylic acids is 1. The van der Waals surface area contributed by atoms with Crippen LogP contribution in [0.25, 0.3) is 22.2 Å². The third-order valence-corrected chi connectivity index (χ3v) is 6.24. The number of carbonyl (C=O) groups is 1. The number of pyridine rings is 2. The summed E-state index contributed by atoms with van der Waals surface area (Å²) < 4.78 is 0. The summed E-state index contributed by atoms with van der Waals surface area (Å²) in [6.07, 6.45) is 5.27. The highest BCUT2D eigenvalue weighted by molar-refractivity contribution is 6.12. The molecule has 8 nitrogen and oxygen atoms in total. The number of hydrogen-bond donors (Lipinski definition) is 5. The summed E-state index contributed by atoms with van der Waals surface area (Å²) in [4.78, 5) is 36.8. The van der Waals surface area contributed by atoms with Gasteiger partial charge in [0.2, 0.25) is 0 Å². The van der Waals surface area contributed by atoms with Gasteiger partial charge in [-0.05, 0) is 75.6 Å². The Morgan fingerprint density at radius 3 is 2.65 bits per heavy atom. The minimum absolute atomic E-state index is 0.0947. The number of aromatic amines is 2. The van der Waals surface area contributed by atoms with Gasteiger partial charge in [0.25, 0.3) is 11.5 Å². The van der Waals surface area contributed by atoms with Crippen LogP contribution < -0.4 is 16.2 Å². The molecule has 5 N–H and O–H groups in total. The zero-order valence-electron chi connectivity index (χ0n) is 22.0. The molecule has 0 spiro atoms. The van der Waals surface area contributed by atoms with Gasteiger partial charge in [-0.15, -0.1) is 0 Å². The molecule has 3 aromatic heterocycles. The van der Waals surface area contributed by atoms with Crippen LogP contribution in [0, 0.1) is 12.3 Å². The molecule has 0 aliphatic heterocycles. The first-order valence-corrected chi connectivity index (χ1v) is 12.6. The number of amides is 1. The molecular formula is C29H34N6O2. The van der Waals surface area contributed by atoms with Crippen LogP contribution in [0.5, 0.6) is 0 Å². The molecule has 1 aromatic carbocycles. The maximum atomic E-state index is 13.6. The van der Waals surface area contributed by atoms with E-state index in [1.165, 1.54) is 0 Å². The van der Waals surface area contributed by atoms with Gasteiger partial charge in [0, 0.05) is 64.1 Å². The van der Waals surface area contributed by atoms with Crippen LogP contribution in [-0.4, -0.2) is 32.6 Å². The van der Waals surface area contributed by atoms with E-state index in [4.69, 9.17) is 5.41 Å². The van der Waals surface area contributed by atoms with Crippen molar-refractivity contribution in [2.24, 2.45) is 0 Å². The summed E-state index contributed by atoms with van der Waals surface area (Å²) >= 11 is 0. The summed E-state index contributed by atoms with van der Waals surface area (Å²) in [5.74, 6) is -0.339. The van der Waals surface area contributed by atoms with Gasteiger partial charge in [-0.1, -0.05) is 13.3 Å². The fourth-order valence-corrected chi connectivity index (χ4v) is 4.65. The Morgan fingerprint density at radius 2 is 1.95 bits per heavy atom. The molecule has 8 heteroatoms. The topological polar surface area (TPSA) is 127 Å². The van der Waals surface area contributed by atoms with Crippen LogP contribution >= 0.6 is 0 Å². The molecule has 0 bridgehead atoms. The monoisotopic (exact) mass is 498 g/mol. The molecule has 0 saturated carbocycles. The first-order chi connectivity index (χ1) is 17.7. The SMILES string of the molecule is CCCc1cc(C)[nH]c(=O)c1CNC(=O)c1cc(-c2cnc3[nH]ccc3c2)cc(NC(C)C)c1C(C)=N. The number of rotatable bonds is 9. The number of aryl methyl sites for hydroxylation is 2. The molecule has 0 aliphatic rings. The molecule has 0 aliphatic carbocycles. The Hall–Kier alpha value is -4.20. The predicted molar refractivity (Wildman–Crippen MR) is 150 cm³/mol. The zero-order valence-corrected chi connectivity index (χ0v) is 22.0. The van der Waals surface area contributed by atoms with Crippen molar-refractivity contribution >= 4 is 28.3 Å². The minimum Gasteiger partial charge on any atom is -0.382 e. The molecule has 0 atom stereocenters. The van der Waals surface area contributed by atoms with Crippen LogP contribution in [0.2, 0.25) is 0 Å². The van der Waals surface area contributed by atoms with Crippen molar-refractivity contribution in [3.63, 3.8) is 0 Å². The van der Waals surface area contributed by atoms with E-state index in [1.807, 2.05) is 51.2 Å². The number of anilines is 1. The molecule has 0 unspecified atom stereocenters. The van der Waals surface area contributed by atoms with Gasteiger partial charge in [0.05, 0.1) is 5.56 Å². The predicted octanol–water partition coefficient (Wildman–Crippen LogP) is 5.32. The molecule has 0 fully saturated rings. The van der Waals surface area contributed by atoms with Crippen LogP contribution in [0.3, 0.4) is 0 Å². The highest BCUT2D eigenvalue weighted by Gasteiger charge is 2.21. The van der Waals surface area contributed by atoms with Crippen LogP contribution in [0.1, 0.15) is 66.9 Å². The summed E-state index contributed by atoms with van der Waals surface area (Å²) in [6, 6.07) is 9.80. The van der Waals surface area contributed by atoms with E-state index >= 15 is 0 Å². The van der Waals surface area contributed by atoms with Gasteiger partial charge < -0.3 is 26.0 Å². The Kier molecular flexibility index (Phi) is 7.57. The third kappa shape index (κ3) is 5.63. The second kappa shape index (κ2) is 10.8. The second-order valence-corrected chi connectivity index (χ2v) is 9.73. The van der Waals surface area contributed by atoms with Crippen molar-refractivity contribution in [3.8, 4) is 11.1 Å². The van der Waals surface area contributed by atoms with Gasteiger partial charge in [0.1, 0.15) is 5.65 Å². The lowest BCUT2D eigenvalue weighted by Gasteiger charge is -2.20. The van der Waals surface area contributed by atoms with Crippen LogP contribution in [-0.2, 0) is 13.0 Å². The van der Waals surface area contributed by atoms with Gasteiger partial charge in [-0.3, -0.25) is 9.59 Å². The lowest BCUT2D eigenvalue weighted by Crippen LogP contribution is -2.30. The number of hydrogen-bond acceptors (Lipinski definition) is 5. The quantitative estimate of drug-likeness (QED) is 0.200. The smallest absolute Gasteiger partial charge is 0.253 e. The molecule has 0 radical (unpaired) electrons. The molecule has 4 aromatic rings. The molecule has 3 heterocycles. The number of benzene rings is 1. The van der Waals surface area contributed by atoms with Crippen molar-refractivity contribution in [3.05, 3.63) is 81.0 Å². The van der Waals surface area contributed by atoms with Gasteiger partial charge >= 0.3 is 0 Å². The lowest BCUT2D eigenvalue weighted by molar-refractivity contribution is 0.0950. The molecule has 1 amide bonds. The standard InChI is InChI=1S/C29H34N6O2/c1-6-7-19-10-17(4)35-29(37)24(19)15-33-28(36)23-12-21(13-25(34-16(2)3)26(23)18(5)30)22-11-20-8-9-31-27(20)32-14-22/h8-14,16,30,34H,6-7,15H2,1-5H3,(H,31,32)(H,33,36)(H,35,37). The van der Waals surface area contributed by atoms with E-state index < -0.39 is 0 Å². The average Bonchev–Trinajstić information content (AvgIpc) is 3.30. The largest absolute Gasteiger partial charge is 0.382 e. The normalized spacial score (nSPS) is 11.2. The zero-order chi connectivity index (χ0) is 26.7. The first kappa shape index (κ1) is 25.9. The maximum Gasteiger partial charge on any atom is 0.253 e. The first-order valence-electron chi connectivity index (χ1n) is 12.6. The second-order valence-electron chi connectivity index (χ2n) is 9.73. The molecule has 4 rings (SSSR count). The Bertz CT molecular complexity index is 1530. The van der Waals surface area contributed by atoms with E-state index in [-0.39, 0.29) is 29.8 Å². The van der Waals surface area contributed by atoms with E-state index in [0.717, 1.165) is 46.3 Å². The van der Waals surface area contributed by atoms with Gasteiger partial charge in [-0.25, -0.2) is 4.98 Å². The number of fused-ring (bicyclic) bond motifs is 1. The molecule has 192 valence electrons. The fraction of sp³-hybridized carbons (Fsp3) is 0.310. The fourth-order valence-electron chi connectivity index (χ4n) is 4.65. The number of nitrogens with zero attached hydrogens (tertiary/aromatic N) is 1. The van der Waals surface area contributed by atoms with Crippen molar-refractivity contribution in [2.45, 2.75) is 60.0 Å². The number of aromatic nitrogens is 3. The number of H-pyrrole nitrogens is 2. The van der Waals surface area contributed by atoms with Crippen molar-refractivity contribution in [1.82, 2.24) is 20.3 Å². The van der Waals surface area contributed by atoms with Crippen molar-refractivity contribution < 1.29 is 4.79 Å². The van der Waals surface area contributed by atoms with Crippen molar-refractivity contribution in [1.29, 1.82) is 5.41 Å². The maximum absolute atomic E-state index is 13.6.